The van der Waals surface area contributed by atoms with Gasteiger partial charge in [-0.1, -0.05) is 12.8 Å². The fraction of sp³-hybridized carbons (Fsp3) is 0.667. The molecular formula is C24H39N8O17P3. The molecule has 2 saturated heterocycles. The van der Waals surface area contributed by atoms with Gasteiger partial charge in [-0.25, -0.2) is 23.5 Å². The molecule has 292 valence electrons. The molecule has 2 aromatic heterocycles. The Morgan fingerprint density at radius 2 is 1.71 bits per heavy atom. The summed E-state index contributed by atoms with van der Waals surface area (Å²) in [4.78, 5) is 86.7. The van der Waals surface area contributed by atoms with E-state index in [4.69, 9.17) is 10.5 Å². The van der Waals surface area contributed by atoms with Crippen LogP contribution in [0.25, 0.3) is 11.2 Å². The van der Waals surface area contributed by atoms with E-state index in [2.05, 4.69) is 48.6 Å². The number of nitrogens with one attached hydrogen (secondary N) is 4. The van der Waals surface area contributed by atoms with Gasteiger partial charge >= 0.3 is 35.5 Å². The number of aromatic nitrogens is 4. The summed E-state index contributed by atoms with van der Waals surface area (Å²) in [5.74, 6) is -2.00. The number of ether oxygens (including phenoxy) is 1. The molecule has 0 radical (unpaired) electrons. The summed E-state index contributed by atoms with van der Waals surface area (Å²) in [7, 11) is -17.3. The number of nitrogens with two attached hydrogens (primary N) is 1. The Morgan fingerprint density at radius 3 is 2.40 bits per heavy atom. The number of imidazole rings is 1. The van der Waals surface area contributed by atoms with Crippen LogP contribution in [0.2, 0.25) is 0 Å². The van der Waals surface area contributed by atoms with Crippen LogP contribution in [0, 0.1) is 0 Å². The third-order valence-electron chi connectivity index (χ3n) is 7.67. The minimum atomic E-state index is -5.97. The highest BCUT2D eigenvalue weighted by atomic mass is 31.3. The molecule has 0 spiro atoms. The molecule has 5 unspecified atom stereocenters. The number of aliphatic hydroxyl groups excluding tert-OH is 2. The Morgan fingerprint density at radius 1 is 1.00 bits per heavy atom. The predicted molar refractivity (Wildman–Crippen MR) is 172 cm³/mol. The van der Waals surface area contributed by atoms with E-state index in [1.54, 1.807) is 0 Å². The number of anilines is 1. The summed E-state index contributed by atoms with van der Waals surface area (Å²) < 4.78 is 59.7. The van der Waals surface area contributed by atoms with Gasteiger partial charge in [-0.15, -0.1) is 0 Å². The number of hydrogen-bond donors (Lipinski definition) is 10. The lowest BCUT2D eigenvalue weighted by atomic mass is 10.0. The lowest BCUT2D eigenvalue weighted by Gasteiger charge is -2.20. The van der Waals surface area contributed by atoms with Crippen molar-refractivity contribution in [2.45, 2.75) is 88.5 Å². The Balaban J connectivity index is 1.15. The number of H-pyrrole nitrogens is 1. The number of nitrogens with zero attached hydrogens (tertiary/aromatic N) is 3. The maximum atomic E-state index is 12.3. The molecule has 2 aliphatic heterocycles. The number of aliphatic hydroxyl groups is 2. The molecular weight excluding hydrogens is 765 g/mol. The van der Waals surface area contributed by atoms with E-state index in [1.165, 1.54) is 0 Å². The molecule has 2 aromatic rings. The number of rotatable bonds is 19. The number of phosphoric acid groups is 3. The standard InChI is InChI=1S/C24H39N8O17P3/c1-12-13(29-24(38)28-12)6-3-2-4-7-15(33)26-9-5-8-16(34)47-51(41,42)49-52(43,44)48-50(39,40)45-10-14-18(35)19(36)22(46-14)32-11-27-17-20(32)30-23(25)31-21(17)37/h11-14,18-19,22,35-36H,2-10H2,1H3,(H,26,33)(H,39,40)(H,41,42)(H,43,44)(H2,28,29,38)(H3,25,30,31,37)/t12?,13?,14-,18-,19-,22-/m1/s1. The number of aromatic amines is 1. The van der Waals surface area contributed by atoms with Crippen LogP contribution in [0.4, 0.5) is 10.7 Å². The second-order valence-corrected chi connectivity index (χ2v) is 16.3. The van der Waals surface area contributed by atoms with E-state index in [9.17, 15) is 57.8 Å². The van der Waals surface area contributed by atoms with Crippen LogP contribution in [0.3, 0.4) is 0 Å². The first-order valence-corrected chi connectivity index (χ1v) is 20.1. The van der Waals surface area contributed by atoms with Crippen LogP contribution in [-0.4, -0.2) is 106 Å². The van der Waals surface area contributed by atoms with E-state index in [-0.39, 0.29) is 60.5 Å². The van der Waals surface area contributed by atoms with Crippen molar-refractivity contribution in [1.82, 2.24) is 35.5 Å². The maximum Gasteiger partial charge on any atom is 0.538 e. The first-order valence-electron chi connectivity index (χ1n) is 15.6. The number of hydrogen-bond acceptors (Lipinski definition) is 17. The molecule has 3 amide bonds. The van der Waals surface area contributed by atoms with Crippen molar-refractivity contribution in [3.8, 4) is 0 Å². The summed E-state index contributed by atoms with van der Waals surface area (Å²) in [6.45, 7) is 0.799. The smallest absolute Gasteiger partial charge is 0.387 e. The first-order chi connectivity index (χ1) is 24.3. The fourth-order valence-corrected chi connectivity index (χ4v) is 8.70. The number of phosphoric ester groups is 2. The first kappa shape index (κ1) is 41.4. The largest absolute Gasteiger partial charge is 0.538 e. The molecule has 28 heteroatoms. The van der Waals surface area contributed by atoms with Crippen molar-refractivity contribution in [2.75, 3.05) is 18.9 Å². The Hall–Kier alpha value is -3.31. The predicted octanol–water partition coefficient (Wildman–Crippen LogP) is -0.868. The number of nitrogen functional groups attached to an aromatic ring is 1. The van der Waals surface area contributed by atoms with Gasteiger partial charge in [0.15, 0.2) is 17.4 Å². The second-order valence-electron chi connectivity index (χ2n) is 11.7. The van der Waals surface area contributed by atoms with Gasteiger partial charge in [0, 0.05) is 25.4 Å². The quantitative estimate of drug-likeness (QED) is 0.0609. The van der Waals surface area contributed by atoms with Crippen LogP contribution < -0.4 is 27.2 Å². The monoisotopic (exact) mass is 804 g/mol. The van der Waals surface area contributed by atoms with Gasteiger partial charge in [0.25, 0.3) is 5.56 Å². The molecule has 2 fully saturated rings. The van der Waals surface area contributed by atoms with Crippen molar-refractivity contribution in [3.63, 3.8) is 0 Å². The van der Waals surface area contributed by atoms with Gasteiger partial charge in [-0.05, 0) is 26.2 Å². The zero-order valence-corrected chi connectivity index (χ0v) is 30.0. The molecule has 0 bridgehead atoms. The van der Waals surface area contributed by atoms with Gasteiger partial charge in [0.2, 0.25) is 11.9 Å². The molecule has 25 nitrogen and oxygen atoms in total. The minimum absolute atomic E-state index is 0.0180. The van der Waals surface area contributed by atoms with Crippen LogP contribution in [0.1, 0.15) is 58.1 Å². The Labute approximate surface area is 293 Å². The summed E-state index contributed by atoms with van der Waals surface area (Å²) in [5, 5.41) is 29.0. The SMILES string of the molecule is CC1NC(=O)NC1CCCCCC(=O)NCCCC(=O)OP(=O)(O)OP(=O)(O)OP(=O)(O)OC[C@H]1O[C@@H](n2cnc3c(=O)[nH]c(N)nc32)[C@H](O)[C@@H]1O. The molecule has 9 atom stereocenters. The fourth-order valence-electron chi connectivity index (χ4n) is 5.22. The van der Waals surface area contributed by atoms with Gasteiger partial charge in [-0.2, -0.15) is 13.6 Å². The number of urea groups is 1. The van der Waals surface area contributed by atoms with Crippen molar-refractivity contribution < 1.29 is 75.4 Å². The molecule has 0 aromatic carbocycles. The van der Waals surface area contributed by atoms with Gasteiger partial charge < -0.3 is 50.9 Å². The van der Waals surface area contributed by atoms with Crippen LogP contribution in [-0.2, 0) is 45.7 Å². The van der Waals surface area contributed by atoms with Crippen molar-refractivity contribution in [1.29, 1.82) is 0 Å². The van der Waals surface area contributed by atoms with E-state index in [0.29, 0.717) is 6.42 Å². The lowest BCUT2D eigenvalue weighted by molar-refractivity contribution is -0.135. The molecule has 0 aliphatic carbocycles. The maximum absolute atomic E-state index is 12.3. The van der Waals surface area contributed by atoms with Crippen LogP contribution in [0.5, 0.6) is 0 Å². The van der Waals surface area contributed by atoms with Crippen molar-refractivity contribution >= 4 is 58.5 Å². The van der Waals surface area contributed by atoms with E-state index in [0.717, 1.165) is 30.2 Å². The second kappa shape index (κ2) is 17.2. The number of fused-ring (bicyclic) bond motifs is 1. The lowest BCUT2D eigenvalue weighted by Crippen LogP contribution is -2.33. The van der Waals surface area contributed by atoms with E-state index >= 15 is 0 Å². The molecule has 52 heavy (non-hydrogen) atoms. The summed E-state index contributed by atoms with van der Waals surface area (Å²) >= 11 is 0. The number of unbranched alkanes of at least 4 members (excludes halogenated alkanes) is 2. The van der Waals surface area contributed by atoms with Gasteiger partial charge in [0.1, 0.15) is 18.3 Å². The average Bonchev–Trinajstić information content (AvgIpc) is 3.66. The van der Waals surface area contributed by atoms with Crippen LogP contribution in [0.15, 0.2) is 11.1 Å². The number of amides is 3. The highest BCUT2D eigenvalue weighted by molar-refractivity contribution is 7.67. The summed E-state index contributed by atoms with van der Waals surface area (Å²) in [6.07, 6.45) is -3.12. The molecule has 4 heterocycles. The molecule has 2 aliphatic rings. The Kier molecular flexibility index (Phi) is 13.7. The Bertz CT molecular complexity index is 1830. The number of carbonyl (C=O) groups excluding carboxylic acids is 3. The normalized spacial score (nSPS) is 26.5. The third kappa shape index (κ3) is 11.6. The zero-order chi connectivity index (χ0) is 38.4. The highest BCUT2D eigenvalue weighted by Gasteiger charge is 2.47. The summed E-state index contributed by atoms with van der Waals surface area (Å²) in [6, 6.07) is -0.160. The number of carbonyl (C=O) groups is 3. The molecule has 4 rings (SSSR count). The van der Waals surface area contributed by atoms with E-state index in [1.807, 2.05) is 6.92 Å². The topological polar surface area (TPSA) is 375 Å². The summed E-state index contributed by atoms with van der Waals surface area (Å²) in [5.41, 5.74) is 4.48. The third-order valence-corrected chi connectivity index (χ3v) is 11.9. The minimum Gasteiger partial charge on any atom is -0.387 e. The van der Waals surface area contributed by atoms with Crippen LogP contribution >= 0.6 is 23.5 Å². The van der Waals surface area contributed by atoms with Gasteiger partial charge in [-0.3, -0.25) is 33.4 Å². The van der Waals surface area contributed by atoms with E-state index < -0.39 is 72.6 Å². The molecule has 0 saturated carbocycles. The van der Waals surface area contributed by atoms with Gasteiger partial charge in [0.05, 0.1) is 19.0 Å². The van der Waals surface area contributed by atoms with Crippen molar-refractivity contribution in [2.24, 2.45) is 0 Å². The average molecular weight is 805 g/mol. The highest BCUT2D eigenvalue weighted by Crippen LogP contribution is 2.67. The zero-order valence-electron chi connectivity index (χ0n) is 27.3. The molecule has 11 N–H and O–H groups in total. The van der Waals surface area contributed by atoms with Crippen molar-refractivity contribution in [3.05, 3.63) is 16.7 Å².